The Labute approximate surface area is 83.2 Å². The first-order valence-electron chi connectivity index (χ1n) is 4.22. The first kappa shape index (κ1) is 15.1. The number of nitrogens with two attached hydrogens (primary N) is 1. The minimum atomic E-state index is -1.82. The van der Waals surface area contributed by atoms with Crippen molar-refractivity contribution in [1.82, 2.24) is 0 Å². The summed E-state index contributed by atoms with van der Waals surface area (Å²) in [7, 11) is 0. The number of carboxylic acids is 2. The second-order valence-electron chi connectivity index (χ2n) is 2.82. The Morgan fingerprint density at radius 3 is 2.07 bits per heavy atom. The smallest absolute Gasteiger partial charge is 0.414 e. The Morgan fingerprint density at radius 2 is 1.86 bits per heavy atom. The molecule has 5 nitrogen and oxygen atoms in total. The van der Waals surface area contributed by atoms with Crippen LogP contribution in [0, 0.1) is 5.92 Å². The normalized spacial score (nSPS) is 10.7. The van der Waals surface area contributed by atoms with E-state index in [0.29, 0.717) is 5.92 Å². The molecule has 4 N–H and O–H groups in total. The predicted octanol–water partition coefficient (Wildman–Crippen LogP) is 0.703. The third-order valence-corrected chi connectivity index (χ3v) is 1.45. The number of carboxylic acid groups (broad SMARTS) is 2. The SMILES string of the molecule is C=CCCC(C)CN.O=C(O)C(=O)O. The Balaban J connectivity index is 0. The highest BCUT2D eigenvalue weighted by molar-refractivity contribution is 6.27. The molecule has 0 amide bonds. The first-order valence-corrected chi connectivity index (χ1v) is 4.22. The molecule has 0 saturated heterocycles. The molecule has 0 radical (unpaired) electrons. The Bertz CT molecular complexity index is 179. The molecule has 0 aliphatic rings. The summed E-state index contributed by atoms with van der Waals surface area (Å²) >= 11 is 0. The average molecular weight is 203 g/mol. The van der Waals surface area contributed by atoms with Crippen molar-refractivity contribution in [2.24, 2.45) is 11.7 Å². The molecule has 0 rings (SSSR count). The van der Waals surface area contributed by atoms with E-state index in [-0.39, 0.29) is 0 Å². The van der Waals surface area contributed by atoms with Gasteiger partial charge in [-0.15, -0.1) is 6.58 Å². The van der Waals surface area contributed by atoms with Crippen molar-refractivity contribution in [3.8, 4) is 0 Å². The van der Waals surface area contributed by atoms with Gasteiger partial charge in [0, 0.05) is 0 Å². The monoisotopic (exact) mass is 203 g/mol. The van der Waals surface area contributed by atoms with E-state index in [2.05, 4.69) is 13.5 Å². The fourth-order valence-electron chi connectivity index (χ4n) is 0.520. The average Bonchev–Trinajstić information content (AvgIpc) is 2.14. The molecule has 82 valence electrons. The van der Waals surface area contributed by atoms with Crippen molar-refractivity contribution in [3.05, 3.63) is 12.7 Å². The molecule has 0 fully saturated rings. The summed E-state index contributed by atoms with van der Waals surface area (Å²) in [6.45, 7) is 6.58. The van der Waals surface area contributed by atoms with Crippen LogP contribution in [0.4, 0.5) is 0 Å². The maximum atomic E-state index is 9.10. The van der Waals surface area contributed by atoms with Crippen molar-refractivity contribution in [2.75, 3.05) is 6.54 Å². The molecule has 0 aliphatic carbocycles. The quantitative estimate of drug-likeness (QED) is 0.461. The summed E-state index contributed by atoms with van der Waals surface area (Å²) in [5, 5.41) is 14.8. The van der Waals surface area contributed by atoms with E-state index >= 15 is 0 Å². The van der Waals surface area contributed by atoms with Crippen molar-refractivity contribution < 1.29 is 19.8 Å². The molecule has 5 heteroatoms. The molecule has 0 aromatic rings. The molecule has 0 saturated carbocycles. The van der Waals surface area contributed by atoms with Crippen LogP contribution >= 0.6 is 0 Å². The molecule has 0 heterocycles. The van der Waals surface area contributed by atoms with Crippen LogP contribution in [0.5, 0.6) is 0 Å². The number of aliphatic carboxylic acids is 2. The second kappa shape index (κ2) is 9.73. The van der Waals surface area contributed by atoms with Crippen LogP contribution in [0.2, 0.25) is 0 Å². The van der Waals surface area contributed by atoms with Crippen LogP contribution in [-0.2, 0) is 9.59 Å². The fourth-order valence-corrected chi connectivity index (χ4v) is 0.520. The predicted molar refractivity (Wildman–Crippen MR) is 52.9 cm³/mol. The zero-order valence-corrected chi connectivity index (χ0v) is 8.27. The third-order valence-electron chi connectivity index (χ3n) is 1.45. The lowest BCUT2D eigenvalue weighted by molar-refractivity contribution is -0.159. The Hall–Kier alpha value is -1.36. The molecule has 0 aromatic heterocycles. The lowest BCUT2D eigenvalue weighted by atomic mass is 10.1. The molecule has 0 aromatic carbocycles. The van der Waals surface area contributed by atoms with Crippen LogP contribution in [0.3, 0.4) is 0 Å². The molecule has 0 bridgehead atoms. The molecular formula is C9H17NO4. The number of hydrogen-bond donors (Lipinski definition) is 3. The van der Waals surface area contributed by atoms with Gasteiger partial charge in [0.05, 0.1) is 0 Å². The van der Waals surface area contributed by atoms with Gasteiger partial charge in [-0.25, -0.2) is 9.59 Å². The van der Waals surface area contributed by atoms with Gasteiger partial charge < -0.3 is 15.9 Å². The lowest BCUT2D eigenvalue weighted by Crippen LogP contribution is -2.09. The Morgan fingerprint density at radius 1 is 1.43 bits per heavy atom. The van der Waals surface area contributed by atoms with E-state index in [0.717, 1.165) is 13.0 Å². The van der Waals surface area contributed by atoms with Gasteiger partial charge in [0.1, 0.15) is 0 Å². The largest absolute Gasteiger partial charge is 0.473 e. The highest BCUT2D eigenvalue weighted by Gasteiger charge is 2.04. The van der Waals surface area contributed by atoms with E-state index in [4.69, 9.17) is 25.5 Å². The van der Waals surface area contributed by atoms with Crippen LogP contribution in [0.25, 0.3) is 0 Å². The summed E-state index contributed by atoms with van der Waals surface area (Å²) in [6.07, 6.45) is 4.21. The molecule has 1 unspecified atom stereocenters. The second-order valence-corrected chi connectivity index (χ2v) is 2.82. The zero-order valence-electron chi connectivity index (χ0n) is 8.27. The summed E-state index contributed by atoms with van der Waals surface area (Å²) in [4.78, 5) is 18.2. The number of rotatable bonds is 4. The maximum Gasteiger partial charge on any atom is 0.414 e. The first-order chi connectivity index (χ1) is 6.45. The zero-order chi connectivity index (χ0) is 11.6. The minimum Gasteiger partial charge on any atom is -0.473 e. The van der Waals surface area contributed by atoms with Gasteiger partial charge in [0.15, 0.2) is 0 Å². The van der Waals surface area contributed by atoms with Crippen molar-refractivity contribution in [3.63, 3.8) is 0 Å². The molecule has 1 atom stereocenters. The van der Waals surface area contributed by atoms with Gasteiger partial charge in [0.25, 0.3) is 0 Å². The number of hydrogen-bond acceptors (Lipinski definition) is 3. The van der Waals surface area contributed by atoms with Crippen molar-refractivity contribution in [1.29, 1.82) is 0 Å². The van der Waals surface area contributed by atoms with Crippen molar-refractivity contribution in [2.45, 2.75) is 19.8 Å². The molecular weight excluding hydrogens is 186 g/mol. The van der Waals surface area contributed by atoms with Gasteiger partial charge in [0.2, 0.25) is 0 Å². The minimum absolute atomic E-state index is 0.660. The standard InChI is InChI=1S/C7H15N.C2H2O4/c1-3-4-5-7(2)6-8;3-1(4)2(5)6/h3,7H,1,4-6,8H2,2H3;(H,3,4)(H,5,6). The lowest BCUT2D eigenvalue weighted by Gasteiger charge is -2.03. The van der Waals surface area contributed by atoms with E-state index in [1.807, 2.05) is 6.08 Å². The van der Waals surface area contributed by atoms with Crippen molar-refractivity contribution >= 4 is 11.9 Å². The molecule has 0 spiro atoms. The van der Waals surface area contributed by atoms with Gasteiger partial charge in [-0.1, -0.05) is 13.0 Å². The number of allylic oxidation sites excluding steroid dienone is 1. The highest BCUT2D eigenvalue weighted by atomic mass is 16.4. The summed E-state index contributed by atoms with van der Waals surface area (Å²) in [5.41, 5.74) is 5.38. The highest BCUT2D eigenvalue weighted by Crippen LogP contribution is 2.01. The molecule has 14 heavy (non-hydrogen) atoms. The van der Waals surface area contributed by atoms with E-state index in [1.54, 1.807) is 0 Å². The third kappa shape index (κ3) is 13.2. The molecule has 0 aliphatic heterocycles. The van der Waals surface area contributed by atoms with Gasteiger partial charge in [-0.3, -0.25) is 0 Å². The summed E-state index contributed by atoms with van der Waals surface area (Å²) < 4.78 is 0. The number of carbonyl (C=O) groups is 2. The summed E-state index contributed by atoms with van der Waals surface area (Å²) in [6, 6.07) is 0. The van der Waals surface area contributed by atoms with E-state index < -0.39 is 11.9 Å². The van der Waals surface area contributed by atoms with Crippen LogP contribution in [-0.4, -0.2) is 28.7 Å². The van der Waals surface area contributed by atoms with E-state index in [9.17, 15) is 0 Å². The van der Waals surface area contributed by atoms with Gasteiger partial charge in [-0.2, -0.15) is 0 Å². The fraction of sp³-hybridized carbons (Fsp3) is 0.556. The van der Waals surface area contributed by atoms with E-state index in [1.165, 1.54) is 6.42 Å². The maximum absolute atomic E-state index is 9.10. The van der Waals surface area contributed by atoms with Gasteiger partial charge >= 0.3 is 11.9 Å². The van der Waals surface area contributed by atoms with Crippen LogP contribution < -0.4 is 5.73 Å². The summed E-state index contributed by atoms with van der Waals surface area (Å²) in [5.74, 6) is -2.99. The van der Waals surface area contributed by atoms with Gasteiger partial charge in [-0.05, 0) is 25.3 Å². The Kier molecular flexibility index (Phi) is 10.5. The van der Waals surface area contributed by atoms with Crippen LogP contribution in [0.15, 0.2) is 12.7 Å². The van der Waals surface area contributed by atoms with Crippen LogP contribution in [0.1, 0.15) is 19.8 Å². The topological polar surface area (TPSA) is 101 Å².